The SMILES string of the molecule is COC(=O)CC(NC(=O)Cc1c(C)noc1C)c1ccc(Cl)cc1. The molecule has 2 aromatic rings. The van der Waals surface area contributed by atoms with Crippen LogP contribution in [-0.4, -0.2) is 24.1 Å². The maximum absolute atomic E-state index is 12.4. The molecule has 1 N–H and O–H groups in total. The minimum Gasteiger partial charge on any atom is -0.469 e. The Morgan fingerprint density at radius 2 is 1.96 bits per heavy atom. The number of nitrogens with zero attached hydrogens (tertiary/aromatic N) is 1. The minimum absolute atomic E-state index is 0.0332. The van der Waals surface area contributed by atoms with Crippen molar-refractivity contribution in [2.45, 2.75) is 32.7 Å². The molecule has 0 saturated carbocycles. The maximum atomic E-state index is 12.4. The molecule has 1 amide bonds. The lowest BCUT2D eigenvalue weighted by atomic mass is 10.0. The molecule has 1 heterocycles. The Labute approximate surface area is 145 Å². The highest BCUT2D eigenvalue weighted by molar-refractivity contribution is 6.30. The summed E-state index contributed by atoms with van der Waals surface area (Å²) in [6.45, 7) is 3.54. The van der Waals surface area contributed by atoms with Crippen molar-refractivity contribution in [1.82, 2.24) is 10.5 Å². The van der Waals surface area contributed by atoms with Crippen LogP contribution in [0.4, 0.5) is 0 Å². The van der Waals surface area contributed by atoms with Crippen molar-refractivity contribution in [3.05, 3.63) is 51.9 Å². The minimum atomic E-state index is -0.498. The first kappa shape index (κ1) is 18.0. The van der Waals surface area contributed by atoms with Crippen LogP contribution in [0.25, 0.3) is 0 Å². The van der Waals surface area contributed by atoms with E-state index in [2.05, 4.69) is 10.5 Å². The Balaban J connectivity index is 2.13. The second-order valence-electron chi connectivity index (χ2n) is 5.43. The molecule has 0 aliphatic rings. The molecule has 6 nitrogen and oxygen atoms in total. The number of hydrogen-bond acceptors (Lipinski definition) is 5. The van der Waals surface area contributed by atoms with E-state index in [-0.39, 0.29) is 18.7 Å². The topological polar surface area (TPSA) is 81.4 Å². The number of carbonyl (C=O) groups excluding carboxylic acids is 2. The molecule has 7 heteroatoms. The van der Waals surface area contributed by atoms with Crippen molar-refractivity contribution in [2.75, 3.05) is 7.11 Å². The normalized spacial score (nSPS) is 11.8. The number of hydrogen-bond donors (Lipinski definition) is 1. The van der Waals surface area contributed by atoms with Crippen LogP contribution in [0.1, 0.15) is 35.0 Å². The van der Waals surface area contributed by atoms with Gasteiger partial charge in [-0.3, -0.25) is 9.59 Å². The number of esters is 1. The van der Waals surface area contributed by atoms with Gasteiger partial charge in [0, 0.05) is 10.6 Å². The number of rotatable bonds is 6. The van der Waals surface area contributed by atoms with Gasteiger partial charge in [-0.2, -0.15) is 0 Å². The van der Waals surface area contributed by atoms with Gasteiger partial charge in [-0.15, -0.1) is 0 Å². The summed E-state index contributed by atoms with van der Waals surface area (Å²) in [5, 5.41) is 7.27. The molecule has 24 heavy (non-hydrogen) atoms. The smallest absolute Gasteiger partial charge is 0.307 e. The number of benzene rings is 1. The molecule has 128 valence electrons. The molecule has 1 unspecified atom stereocenters. The third-order valence-corrected chi connectivity index (χ3v) is 3.98. The third-order valence-electron chi connectivity index (χ3n) is 3.72. The van der Waals surface area contributed by atoms with E-state index in [9.17, 15) is 9.59 Å². The molecule has 2 rings (SSSR count). The van der Waals surface area contributed by atoms with Crippen LogP contribution in [0.15, 0.2) is 28.8 Å². The molecule has 1 atom stereocenters. The molecule has 0 saturated heterocycles. The van der Waals surface area contributed by atoms with Gasteiger partial charge in [-0.25, -0.2) is 0 Å². The largest absolute Gasteiger partial charge is 0.469 e. The number of amides is 1. The molecule has 1 aromatic carbocycles. The zero-order valence-electron chi connectivity index (χ0n) is 13.8. The monoisotopic (exact) mass is 350 g/mol. The fourth-order valence-corrected chi connectivity index (χ4v) is 2.48. The quantitative estimate of drug-likeness (QED) is 0.810. The van der Waals surface area contributed by atoms with Crippen LogP contribution in [0.2, 0.25) is 5.02 Å². The molecule has 1 aromatic heterocycles. The van der Waals surface area contributed by atoms with Crippen molar-refractivity contribution < 1.29 is 18.8 Å². The van der Waals surface area contributed by atoms with Gasteiger partial charge in [-0.1, -0.05) is 28.9 Å². The molecule has 0 spiro atoms. The van der Waals surface area contributed by atoms with Crippen LogP contribution in [-0.2, 0) is 20.7 Å². The number of methoxy groups -OCH3 is 1. The van der Waals surface area contributed by atoms with E-state index in [0.717, 1.165) is 11.1 Å². The van der Waals surface area contributed by atoms with Crippen molar-refractivity contribution in [3.63, 3.8) is 0 Å². The number of carbonyl (C=O) groups is 2. The molecular formula is C17H19ClN2O4. The number of aromatic nitrogens is 1. The van der Waals surface area contributed by atoms with Crippen molar-refractivity contribution in [1.29, 1.82) is 0 Å². The molecule has 0 aliphatic heterocycles. The first-order valence-electron chi connectivity index (χ1n) is 7.44. The van der Waals surface area contributed by atoms with E-state index >= 15 is 0 Å². The second-order valence-corrected chi connectivity index (χ2v) is 5.87. The van der Waals surface area contributed by atoms with Gasteiger partial charge in [-0.05, 0) is 31.5 Å². The van der Waals surface area contributed by atoms with Gasteiger partial charge in [0.25, 0.3) is 0 Å². The summed E-state index contributed by atoms with van der Waals surface area (Å²) in [5.41, 5.74) is 2.20. The van der Waals surface area contributed by atoms with Crippen molar-refractivity contribution in [3.8, 4) is 0 Å². The lowest BCUT2D eigenvalue weighted by molar-refractivity contribution is -0.141. The lowest BCUT2D eigenvalue weighted by Gasteiger charge is -2.18. The number of nitrogens with one attached hydrogen (secondary N) is 1. The van der Waals surface area contributed by atoms with E-state index < -0.39 is 12.0 Å². The van der Waals surface area contributed by atoms with Crippen LogP contribution >= 0.6 is 11.6 Å². The summed E-state index contributed by atoms with van der Waals surface area (Å²) in [4.78, 5) is 24.0. The van der Waals surface area contributed by atoms with Gasteiger partial charge >= 0.3 is 5.97 Å². The highest BCUT2D eigenvalue weighted by Crippen LogP contribution is 2.21. The summed E-state index contributed by atoms with van der Waals surface area (Å²) < 4.78 is 9.77. The summed E-state index contributed by atoms with van der Waals surface area (Å²) in [7, 11) is 1.31. The number of aryl methyl sites for hydroxylation is 2. The zero-order chi connectivity index (χ0) is 17.7. The van der Waals surface area contributed by atoms with Crippen LogP contribution in [0, 0.1) is 13.8 Å². The van der Waals surface area contributed by atoms with Crippen molar-refractivity contribution >= 4 is 23.5 Å². The fraction of sp³-hybridized carbons (Fsp3) is 0.353. The van der Waals surface area contributed by atoms with Crippen LogP contribution < -0.4 is 5.32 Å². The summed E-state index contributed by atoms with van der Waals surface area (Å²) >= 11 is 5.89. The summed E-state index contributed by atoms with van der Waals surface area (Å²) in [5.74, 6) is -0.0282. The van der Waals surface area contributed by atoms with Gasteiger partial charge in [0.05, 0.1) is 31.7 Å². The van der Waals surface area contributed by atoms with E-state index in [1.807, 2.05) is 0 Å². The highest BCUT2D eigenvalue weighted by Gasteiger charge is 2.21. The summed E-state index contributed by atoms with van der Waals surface area (Å²) in [6.07, 6.45) is 0.165. The van der Waals surface area contributed by atoms with E-state index in [1.54, 1.807) is 38.1 Å². The average molecular weight is 351 g/mol. The summed E-state index contributed by atoms with van der Waals surface area (Å²) in [6, 6.07) is 6.46. The second kappa shape index (κ2) is 7.97. The molecular weight excluding hydrogens is 332 g/mol. The first-order chi connectivity index (χ1) is 11.4. The standard InChI is InChI=1S/C17H19ClN2O4/c1-10-14(11(2)24-20-10)8-16(21)19-15(9-17(22)23-3)12-4-6-13(18)7-5-12/h4-7,15H,8-9H2,1-3H3,(H,19,21). The maximum Gasteiger partial charge on any atom is 0.307 e. The molecule has 0 bridgehead atoms. The Hall–Kier alpha value is -2.34. The van der Waals surface area contributed by atoms with E-state index in [4.69, 9.17) is 20.9 Å². The first-order valence-corrected chi connectivity index (χ1v) is 7.82. The Morgan fingerprint density at radius 3 is 2.50 bits per heavy atom. The van der Waals surface area contributed by atoms with E-state index in [0.29, 0.717) is 16.5 Å². The third kappa shape index (κ3) is 4.58. The Kier molecular flexibility index (Phi) is 5.98. The van der Waals surface area contributed by atoms with Crippen molar-refractivity contribution in [2.24, 2.45) is 0 Å². The molecule has 0 fully saturated rings. The van der Waals surface area contributed by atoms with Crippen LogP contribution in [0.5, 0.6) is 0 Å². The van der Waals surface area contributed by atoms with Gasteiger partial charge in [0.15, 0.2) is 0 Å². The highest BCUT2D eigenvalue weighted by atomic mass is 35.5. The number of halogens is 1. The van der Waals surface area contributed by atoms with Gasteiger partial charge < -0.3 is 14.6 Å². The lowest BCUT2D eigenvalue weighted by Crippen LogP contribution is -2.31. The zero-order valence-corrected chi connectivity index (χ0v) is 14.5. The van der Waals surface area contributed by atoms with Crippen LogP contribution in [0.3, 0.4) is 0 Å². The number of ether oxygens (including phenoxy) is 1. The predicted molar refractivity (Wildman–Crippen MR) is 88.6 cm³/mol. The van der Waals surface area contributed by atoms with E-state index in [1.165, 1.54) is 7.11 Å². The predicted octanol–water partition coefficient (Wildman–Crippen LogP) is 2.91. The fourth-order valence-electron chi connectivity index (χ4n) is 2.36. The average Bonchev–Trinajstić information content (AvgIpc) is 2.86. The van der Waals surface area contributed by atoms with Gasteiger partial charge in [0.1, 0.15) is 5.76 Å². The van der Waals surface area contributed by atoms with Gasteiger partial charge in [0.2, 0.25) is 5.91 Å². The molecule has 0 aliphatic carbocycles. The Morgan fingerprint density at radius 1 is 1.29 bits per heavy atom. The Bertz CT molecular complexity index is 705. The molecule has 0 radical (unpaired) electrons.